The maximum absolute atomic E-state index is 14.7. The summed E-state index contributed by atoms with van der Waals surface area (Å²) in [6.45, 7) is 1.94. The molecule has 0 bridgehead atoms. The molecule has 0 spiro atoms. The Labute approximate surface area is 183 Å². The summed E-state index contributed by atoms with van der Waals surface area (Å²) >= 11 is 7.36. The molecular weight excluding hydrogens is 419 g/mol. The SMILES string of the molecule is Cc1sc(N(C(=O)Cc2ccccc2)c2ccccc2F)nc1-c1ccc(Cl)cc1. The van der Waals surface area contributed by atoms with Gasteiger partial charge in [0.15, 0.2) is 5.13 Å². The summed E-state index contributed by atoms with van der Waals surface area (Å²) in [5, 5.41) is 1.07. The zero-order valence-electron chi connectivity index (χ0n) is 16.2. The standard InChI is InChI=1S/C24H18ClFN2OS/c1-16-23(18-11-13-19(25)14-12-18)27-24(30-16)28(21-10-6-5-9-20(21)26)22(29)15-17-7-3-2-4-8-17/h2-14H,15H2,1H3. The van der Waals surface area contributed by atoms with Crippen LogP contribution in [0.2, 0.25) is 5.02 Å². The minimum absolute atomic E-state index is 0.143. The number of benzene rings is 3. The summed E-state index contributed by atoms with van der Waals surface area (Å²) in [5.41, 5.74) is 2.69. The molecule has 0 radical (unpaired) electrons. The van der Waals surface area contributed by atoms with Crippen LogP contribution in [0.15, 0.2) is 78.9 Å². The molecule has 3 nitrogen and oxygen atoms in total. The smallest absolute Gasteiger partial charge is 0.237 e. The lowest BCUT2D eigenvalue weighted by Crippen LogP contribution is -2.28. The van der Waals surface area contributed by atoms with Gasteiger partial charge in [0.25, 0.3) is 0 Å². The second kappa shape index (κ2) is 8.78. The lowest BCUT2D eigenvalue weighted by molar-refractivity contribution is -0.117. The Kier molecular flexibility index (Phi) is 5.93. The number of amides is 1. The molecule has 30 heavy (non-hydrogen) atoms. The topological polar surface area (TPSA) is 33.2 Å². The van der Waals surface area contributed by atoms with E-state index in [4.69, 9.17) is 16.6 Å². The molecule has 0 unspecified atom stereocenters. The summed E-state index contributed by atoms with van der Waals surface area (Å²) in [5.74, 6) is -0.720. The first-order valence-corrected chi connectivity index (χ1v) is 10.6. The van der Waals surface area contributed by atoms with E-state index in [2.05, 4.69) is 0 Å². The van der Waals surface area contributed by atoms with Crippen LogP contribution < -0.4 is 4.90 Å². The summed E-state index contributed by atoms with van der Waals surface area (Å²) < 4.78 is 14.7. The molecular formula is C24H18ClFN2OS. The number of hydrogen-bond donors (Lipinski definition) is 0. The molecule has 0 aliphatic heterocycles. The number of halogens is 2. The number of hydrogen-bond acceptors (Lipinski definition) is 3. The monoisotopic (exact) mass is 436 g/mol. The number of carbonyl (C=O) groups is 1. The van der Waals surface area contributed by atoms with Crippen LogP contribution in [0.4, 0.5) is 15.2 Å². The fourth-order valence-corrected chi connectivity index (χ4v) is 4.27. The number of nitrogens with zero attached hydrogens (tertiary/aromatic N) is 2. The van der Waals surface area contributed by atoms with E-state index >= 15 is 0 Å². The molecule has 0 aliphatic rings. The second-order valence-corrected chi connectivity index (χ2v) is 8.37. The molecule has 1 heterocycles. The number of thiazole rings is 1. The molecule has 0 atom stereocenters. The quantitative estimate of drug-likeness (QED) is 0.344. The van der Waals surface area contributed by atoms with Crippen molar-refractivity contribution in [1.29, 1.82) is 0 Å². The molecule has 150 valence electrons. The van der Waals surface area contributed by atoms with Crippen molar-refractivity contribution >= 4 is 39.7 Å². The van der Waals surface area contributed by atoms with Gasteiger partial charge in [-0.15, -0.1) is 11.3 Å². The minimum atomic E-state index is -0.472. The summed E-state index contributed by atoms with van der Waals surface area (Å²) in [4.78, 5) is 20.3. The first-order chi connectivity index (χ1) is 14.5. The maximum atomic E-state index is 14.7. The fraction of sp³-hybridized carbons (Fsp3) is 0.0833. The Bertz CT molecular complexity index is 1180. The predicted octanol–water partition coefficient (Wildman–Crippen LogP) is 6.82. The van der Waals surface area contributed by atoms with Gasteiger partial charge >= 0.3 is 0 Å². The number of aromatic nitrogens is 1. The highest BCUT2D eigenvalue weighted by Crippen LogP contribution is 2.37. The number of anilines is 2. The number of aryl methyl sites for hydroxylation is 1. The average Bonchev–Trinajstić information content (AvgIpc) is 3.12. The van der Waals surface area contributed by atoms with Gasteiger partial charge in [-0.3, -0.25) is 9.69 Å². The number of para-hydroxylation sites is 1. The van der Waals surface area contributed by atoms with Gasteiger partial charge in [0, 0.05) is 15.5 Å². The number of carbonyl (C=O) groups excluding carboxylic acids is 1. The Morgan fingerprint density at radius 3 is 2.37 bits per heavy atom. The van der Waals surface area contributed by atoms with Gasteiger partial charge in [-0.2, -0.15) is 0 Å². The van der Waals surface area contributed by atoms with E-state index < -0.39 is 5.82 Å². The van der Waals surface area contributed by atoms with Gasteiger partial charge < -0.3 is 0 Å². The second-order valence-electron chi connectivity index (χ2n) is 6.75. The van der Waals surface area contributed by atoms with Crippen molar-refractivity contribution in [1.82, 2.24) is 4.98 Å². The molecule has 0 saturated heterocycles. The van der Waals surface area contributed by atoms with Crippen LogP contribution >= 0.6 is 22.9 Å². The first-order valence-electron chi connectivity index (χ1n) is 9.37. The Hall–Kier alpha value is -3.02. The van der Waals surface area contributed by atoms with Crippen molar-refractivity contribution in [2.75, 3.05) is 4.90 Å². The van der Waals surface area contributed by atoms with E-state index in [9.17, 15) is 9.18 Å². The molecule has 0 N–H and O–H groups in total. The van der Waals surface area contributed by atoms with E-state index in [0.717, 1.165) is 21.7 Å². The first kappa shape index (κ1) is 20.3. The number of rotatable bonds is 5. The van der Waals surface area contributed by atoms with Gasteiger partial charge in [0.05, 0.1) is 17.8 Å². The van der Waals surface area contributed by atoms with Gasteiger partial charge in [-0.1, -0.05) is 66.2 Å². The van der Waals surface area contributed by atoms with Crippen LogP contribution in [0.25, 0.3) is 11.3 Å². The lowest BCUT2D eigenvalue weighted by atomic mass is 10.1. The molecule has 4 rings (SSSR count). The van der Waals surface area contributed by atoms with Crippen LogP contribution in [0.1, 0.15) is 10.4 Å². The minimum Gasteiger partial charge on any atom is -0.274 e. The van der Waals surface area contributed by atoms with E-state index in [0.29, 0.717) is 10.2 Å². The van der Waals surface area contributed by atoms with E-state index in [1.807, 2.05) is 49.4 Å². The van der Waals surface area contributed by atoms with Crippen molar-refractivity contribution in [2.45, 2.75) is 13.3 Å². The summed E-state index contributed by atoms with van der Waals surface area (Å²) in [7, 11) is 0. The molecule has 6 heteroatoms. The van der Waals surface area contributed by atoms with E-state index in [1.165, 1.54) is 22.3 Å². The van der Waals surface area contributed by atoms with Gasteiger partial charge in [-0.05, 0) is 36.8 Å². The molecule has 3 aromatic carbocycles. The molecule has 0 fully saturated rings. The summed E-state index contributed by atoms with van der Waals surface area (Å²) in [6, 6.07) is 23.0. The third-order valence-electron chi connectivity index (χ3n) is 4.64. The van der Waals surface area contributed by atoms with E-state index in [-0.39, 0.29) is 18.0 Å². The normalized spacial score (nSPS) is 10.8. The van der Waals surface area contributed by atoms with Gasteiger partial charge in [0.1, 0.15) is 5.82 Å². The average molecular weight is 437 g/mol. The molecule has 1 amide bonds. The highest BCUT2D eigenvalue weighted by molar-refractivity contribution is 7.16. The van der Waals surface area contributed by atoms with Crippen LogP contribution in [0.3, 0.4) is 0 Å². The van der Waals surface area contributed by atoms with Crippen LogP contribution in [0, 0.1) is 12.7 Å². The van der Waals surface area contributed by atoms with Crippen molar-refractivity contribution in [3.8, 4) is 11.3 Å². The predicted molar refractivity (Wildman–Crippen MR) is 121 cm³/mol. The zero-order valence-corrected chi connectivity index (χ0v) is 17.8. The molecule has 4 aromatic rings. The third kappa shape index (κ3) is 4.27. The van der Waals surface area contributed by atoms with Crippen LogP contribution in [-0.4, -0.2) is 10.9 Å². The fourth-order valence-electron chi connectivity index (χ4n) is 3.18. The zero-order chi connectivity index (χ0) is 21.1. The Balaban J connectivity index is 1.77. The van der Waals surface area contributed by atoms with Crippen molar-refractivity contribution in [3.05, 3.63) is 100 Å². The molecule has 0 aliphatic carbocycles. The van der Waals surface area contributed by atoms with Crippen LogP contribution in [0.5, 0.6) is 0 Å². The van der Waals surface area contributed by atoms with Crippen molar-refractivity contribution in [2.24, 2.45) is 0 Å². The molecule has 1 aromatic heterocycles. The Morgan fingerprint density at radius 2 is 1.67 bits per heavy atom. The van der Waals surface area contributed by atoms with Gasteiger partial charge in [-0.25, -0.2) is 9.37 Å². The largest absolute Gasteiger partial charge is 0.274 e. The highest BCUT2D eigenvalue weighted by atomic mass is 35.5. The van der Waals surface area contributed by atoms with E-state index in [1.54, 1.807) is 30.3 Å². The molecule has 0 saturated carbocycles. The maximum Gasteiger partial charge on any atom is 0.237 e. The third-order valence-corrected chi connectivity index (χ3v) is 5.84. The summed E-state index contributed by atoms with van der Waals surface area (Å²) in [6.07, 6.45) is 0.143. The Morgan fingerprint density at radius 1 is 1.00 bits per heavy atom. The van der Waals surface area contributed by atoms with Crippen LogP contribution in [-0.2, 0) is 11.2 Å². The van der Waals surface area contributed by atoms with Crippen molar-refractivity contribution in [3.63, 3.8) is 0 Å². The van der Waals surface area contributed by atoms with Crippen molar-refractivity contribution < 1.29 is 9.18 Å². The van der Waals surface area contributed by atoms with Gasteiger partial charge in [0.2, 0.25) is 5.91 Å². The lowest BCUT2D eigenvalue weighted by Gasteiger charge is -2.20. The highest BCUT2D eigenvalue weighted by Gasteiger charge is 2.25.